The van der Waals surface area contributed by atoms with Crippen LogP contribution < -0.4 is 9.64 Å². The number of pyridine rings is 1. The van der Waals surface area contributed by atoms with E-state index in [-0.39, 0.29) is 11.7 Å². The molecular weight excluding hydrogens is 495 g/mol. The molecule has 3 aromatic heterocycles. The maximum absolute atomic E-state index is 15.1. The van der Waals surface area contributed by atoms with Crippen LogP contribution in [0.25, 0.3) is 22.6 Å². The maximum Gasteiger partial charge on any atom is 0.223 e. The molecule has 0 bridgehead atoms. The zero-order valence-corrected chi connectivity index (χ0v) is 21.7. The smallest absolute Gasteiger partial charge is 0.223 e. The number of aromatic nitrogens is 5. The molecule has 5 heterocycles. The number of ether oxygens (including phenoxy) is 2. The number of anilines is 1. The molecule has 196 valence electrons. The number of hydrogen-bond acceptors (Lipinski definition) is 7. The monoisotopic (exact) mass is 522 g/mol. The fourth-order valence-corrected chi connectivity index (χ4v) is 5.67. The minimum absolute atomic E-state index is 0.197. The molecular formula is C30H27FN6O2. The molecule has 0 radical (unpaired) electrons. The van der Waals surface area contributed by atoms with Gasteiger partial charge in [0, 0.05) is 59.2 Å². The standard InChI is InChI=1S/C30H27FN6O2/c1-30(2,29-35-26-27(36-29)33-13-12-32-26)24-20-4-3-5-22(31)25(20)39-28-21(24)10-11-23(34-28)18-6-8-19(9-7-18)37-14-16-38-17-15-37/h3-13,24H,14-17H2,1-2H3,(H,32,33,35,36). The Morgan fingerprint density at radius 1 is 0.923 bits per heavy atom. The van der Waals surface area contributed by atoms with Gasteiger partial charge in [-0.2, -0.15) is 0 Å². The average Bonchev–Trinajstić information content (AvgIpc) is 3.42. The molecule has 0 aliphatic carbocycles. The second-order valence-corrected chi connectivity index (χ2v) is 10.5. The first kappa shape index (κ1) is 23.7. The van der Waals surface area contributed by atoms with Gasteiger partial charge < -0.3 is 19.4 Å². The maximum atomic E-state index is 15.1. The highest BCUT2D eigenvalue weighted by Crippen LogP contribution is 2.52. The molecule has 2 aromatic carbocycles. The van der Waals surface area contributed by atoms with Gasteiger partial charge in [0.2, 0.25) is 5.88 Å². The summed E-state index contributed by atoms with van der Waals surface area (Å²) in [5.74, 6) is 0.599. The van der Waals surface area contributed by atoms with Crippen LogP contribution in [-0.4, -0.2) is 51.2 Å². The van der Waals surface area contributed by atoms with Crippen LogP contribution in [-0.2, 0) is 10.2 Å². The molecule has 1 N–H and O–H groups in total. The third-order valence-electron chi connectivity index (χ3n) is 7.71. The van der Waals surface area contributed by atoms with E-state index in [1.165, 1.54) is 6.07 Å². The number of para-hydroxylation sites is 1. The molecule has 5 aromatic rings. The van der Waals surface area contributed by atoms with E-state index in [0.717, 1.165) is 54.4 Å². The van der Waals surface area contributed by atoms with Crippen LogP contribution in [0.3, 0.4) is 0 Å². The molecule has 9 heteroatoms. The number of benzene rings is 2. The van der Waals surface area contributed by atoms with Gasteiger partial charge in [0.25, 0.3) is 0 Å². The van der Waals surface area contributed by atoms with E-state index in [2.05, 4.69) is 58.0 Å². The number of morpholine rings is 1. The average molecular weight is 523 g/mol. The first-order valence-corrected chi connectivity index (χ1v) is 13.1. The molecule has 2 aliphatic rings. The van der Waals surface area contributed by atoms with Gasteiger partial charge in [-0.05, 0) is 24.3 Å². The topological polar surface area (TPSA) is 89.1 Å². The van der Waals surface area contributed by atoms with E-state index in [9.17, 15) is 0 Å². The van der Waals surface area contributed by atoms with Crippen molar-refractivity contribution in [3.63, 3.8) is 0 Å². The summed E-state index contributed by atoms with van der Waals surface area (Å²) in [6.07, 6.45) is 3.25. The Labute approximate surface area is 224 Å². The van der Waals surface area contributed by atoms with Crippen LogP contribution in [0.15, 0.2) is 67.0 Å². The van der Waals surface area contributed by atoms with Crippen molar-refractivity contribution in [3.8, 4) is 22.9 Å². The minimum atomic E-state index is -0.591. The van der Waals surface area contributed by atoms with Crippen LogP contribution in [0.5, 0.6) is 11.6 Å². The Morgan fingerprint density at radius 3 is 2.51 bits per heavy atom. The number of nitrogens with one attached hydrogen (secondary N) is 1. The summed E-state index contributed by atoms with van der Waals surface area (Å²) >= 11 is 0. The molecule has 39 heavy (non-hydrogen) atoms. The van der Waals surface area contributed by atoms with Gasteiger partial charge in [-0.3, -0.25) is 0 Å². The summed E-state index contributed by atoms with van der Waals surface area (Å²) < 4.78 is 26.7. The predicted molar refractivity (Wildman–Crippen MR) is 146 cm³/mol. The molecule has 0 spiro atoms. The van der Waals surface area contributed by atoms with Crippen LogP contribution in [0.4, 0.5) is 10.1 Å². The summed E-state index contributed by atoms with van der Waals surface area (Å²) in [6, 6.07) is 17.4. The molecule has 1 unspecified atom stereocenters. The van der Waals surface area contributed by atoms with Crippen molar-refractivity contribution in [2.75, 3.05) is 31.2 Å². The number of imidazole rings is 1. The van der Waals surface area contributed by atoms with Crippen LogP contribution in [0, 0.1) is 5.82 Å². The second kappa shape index (κ2) is 9.13. The Balaban J connectivity index is 1.30. The summed E-state index contributed by atoms with van der Waals surface area (Å²) in [7, 11) is 0. The highest BCUT2D eigenvalue weighted by molar-refractivity contribution is 5.67. The highest BCUT2D eigenvalue weighted by Gasteiger charge is 2.43. The number of rotatable bonds is 4. The van der Waals surface area contributed by atoms with E-state index in [1.807, 2.05) is 18.2 Å². The molecule has 2 aliphatic heterocycles. The highest BCUT2D eigenvalue weighted by atomic mass is 19.1. The summed E-state index contributed by atoms with van der Waals surface area (Å²) in [5.41, 5.74) is 5.06. The van der Waals surface area contributed by atoms with E-state index in [0.29, 0.717) is 23.0 Å². The van der Waals surface area contributed by atoms with Crippen molar-refractivity contribution in [3.05, 3.63) is 89.8 Å². The van der Waals surface area contributed by atoms with Crippen molar-refractivity contribution in [2.45, 2.75) is 25.2 Å². The number of hydrogen-bond donors (Lipinski definition) is 1. The lowest BCUT2D eigenvalue weighted by Crippen LogP contribution is -2.36. The van der Waals surface area contributed by atoms with Gasteiger partial charge in [0.05, 0.1) is 18.9 Å². The lowest BCUT2D eigenvalue weighted by atomic mass is 9.69. The third-order valence-corrected chi connectivity index (χ3v) is 7.71. The van der Waals surface area contributed by atoms with Crippen LogP contribution >= 0.6 is 0 Å². The molecule has 7 rings (SSSR count). The third kappa shape index (κ3) is 4.01. The van der Waals surface area contributed by atoms with E-state index in [1.54, 1.807) is 18.5 Å². The van der Waals surface area contributed by atoms with Crippen LogP contribution in [0.1, 0.15) is 36.7 Å². The predicted octanol–water partition coefficient (Wildman–Crippen LogP) is 5.61. The summed E-state index contributed by atoms with van der Waals surface area (Å²) in [6.45, 7) is 7.40. The second-order valence-electron chi connectivity index (χ2n) is 10.5. The number of halogens is 1. The van der Waals surface area contributed by atoms with Gasteiger partial charge in [-0.25, -0.2) is 24.3 Å². The Morgan fingerprint density at radius 2 is 1.72 bits per heavy atom. The normalized spacial score (nSPS) is 17.0. The van der Waals surface area contributed by atoms with Crippen molar-refractivity contribution in [1.82, 2.24) is 24.9 Å². The molecule has 1 fully saturated rings. The zero-order valence-electron chi connectivity index (χ0n) is 21.7. The first-order valence-electron chi connectivity index (χ1n) is 13.1. The number of H-pyrrole nitrogens is 1. The fourth-order valence-electron chi connectivity index (χ4n) is 5.67. The first-order chi connectivity index (χ1) is 19.0. The number of nitrogens with zero attached hydrogens (tertiary/aromatic N) is 5. The fraction of sp³-hybridized carbons (Fsp3) is 0.267. The Hall–Kier alpha value is -4.37. The molecule has 8 nitrogen and oxygen atoms in total. The Bertz CT molecular complexity index is 1640. The molecule has 1 saturated heterocycles. The summed E-state index contributed by atoms with van der Waals surface area (Å²) in [4.78, 5) is 24.0. The summed E-state index contributed by atoms with van der Waals surface area (Å²) in [5, 5.41) is 0. The number of fused-ring (bicyclic) bond motifs is 3. The van der Waals surface area contributed by atoms with E-state index < -0.39 is 11.2 Å². The zero-order chi connectivity index (χ0) is 26.6. The quantitative estimate of drug-likeness (QED) is 0.328. The van der Waals surface area contributed by atoms with E-state index in [4.69, 9.17) is 19.4 Å². The van der Waals surface area contributed by atoms with Gasteiger partial charge in [-0.15, -0.1) is 0 Å². The lowest BCUT2D eigenvalue weighted by molar-refractivity contribution is 0.122. The van der Waals surface area contributed by atoms with Gasteiger partial charge in [0.15, 0.2) is 22.9 Å². The van der Waals surface area contributed by atoms with Crippen molar-refractivity contribution >= 4 is 17.0 Å². The van der Waals surface area contributed by atoms with Gasteiger partial charge >= 0.3 is 0 Å². The van der Waals surface area contributed by atoms with E-state index >= 15 is 4.39 Å². The number of aromatic amines is 1. The van der Waals surface area contributed by atoms with Gasteiger partial charge in [0.1, 0.15) is 5.82 Å². The lowest BCUT2D eigenvalue weighted by Gasteiger charge is -2.37. The SMILES string of the molecule is CC(C)(c1nc2nccnc2[nH]1)C1c2ccc(-c3ccc(N4CCOCC4)cc3)nc2Oc2c(F)cccc21. The van der Waals surface area contributed by atoms with Crippen LogP contribution in [0.2, 0.25) is 0 Å². The molecule has 0 amide bonds. The van der Waals surface area contributed by atoms with Gasteiger partial charge in [-0.1, -0.05) is 44.2 Å². The largest absolute Gasteiger partial charge is 0.435 e. The molecule has 0 saturated carbocycles. The van der Waals surface area contributed by atoms with Crippen molar-refractivity contribution in [2.24, 2.45) is 0 Å². The van der Waals surface area contributed by atoms with Crippen molar-refractivity contribution < 1.29 is 13.9 Å². The van der Waals surface area contributed by atoms with Crippen molar-refractivity contribution in [1.29, 1.82) is 0 Å². The minimum Gasteiger partial charge on any atom is -0.435 e. The Kier molecular flexibility index (Phi) is 5.55. The molecule has 1 atom stereocenters.